The van der Waals surface area contributed by atoms with Crippen molar-refractivity contribution >= 4 is 16.8 Å². The topological polar surface area (TPSA) is 58.4 Å². The van der Waals surface area contributed by atoms with Crippen molar-refractivity contribution in [3.8, 4) is 5.69 Å². The number of aliphatic hydroxyl groups excluding tert-OH is 1. The van der Waals surface area contributed by atoms with Gasteiger partial charge < -0.3 is 14.6 Å². The van der Waals surface area contributed by atoms with E-state index in [1.54, 1.807) is 30.4 Å². The summed E-state index contributed by atoms with van der Waals surface area (Å²) in [6.07, 6.45) is 8.85. The van der Waals surface area contributed by atoms with E-state index in [-0.39, 0.29) is 18.1 Å². The maximum atomic E-state index is 14.1. The van der Waals surface area contributed by atoms with Crippen molar-refractivity contribution in [1.82, 2.24) is 14.5 Å². The van der Waals surface area contributed by atoms with Crippen molar-refractivity contribution < 1.29 is 14.3 Å². The average Bonchev–Trinajstić information content (AvgIpc) is 3.12. The fourth-order valence-electron chi connectivity index (χ4n) is 4.33. The van der Waals surface area contributed by atoms with Gasteiger partial charge in [-0.1, -0.05) is 0 Å². The molecule has 1 aliphatic carbocycles. The molecule has 0 atom stereocenters. The van der Waals surface area contributed by atoms with E-state index in [4.69, 9.17) is 0 Å². The molecule has 158 valence electrons. The van der Waals surface area contributed by atoms with Crippen LogP contribution in [0.3, 0.4) is 0 Å². The Bertz CT molecular complexity index is 1070. The van der Waals surface area contributed by atoms with Crippen molar-refractivity contribution in [2.75, 3.05) is 7.05 Å². The summed E-state index contributed by atoms with van der Waals surface area (Å²) in [7, 11) is 1.73. The summed E-state index contributed by atoms with van der Waals surface area (Å²) in [5, 5.41) is 11.0. The quantitative estimate of drug-likeness (QED) is 0.682. The Morgan fingerprint density at radius 2 is 1.97 bits per heavy atom. The zero-order chi connectivity index (χ0) is 21.4. The summed E-state index contributed by atoms with van der Waals surface area (Å²) < 4.78 is 16.1. The minimum atomic E-state index is -0.435. The number of amides is 1. The van der Waals surface area contributed by atoms with Crippen molar-refractivity contribution in [2.45, 2.75) is 57.6 Å². The molecule has 1 N–H and O–H groups in total. The number of carbonyl (C=O) groups is 1. The molecule has 0 saturated heterocycles. The molecule has 2 aromatic heterocycles. The number of aliphatic hydroxyl groups is 1. The Hall–Kier alpha value is -2.73. The van der Waals surface area contributed by atoms with Gasteiger partial charge in [0.15, 0.2) is 0 Å². The van der Waals surface area contributed by atoms with Gasteiger partial charge in [-0.05, 0) is 75.3 Å². The Morgan fingerprint density at radius 1 is 1.23 bits per heavy atom. The van der Waals surface area contributed by atoms with E-state index in [0.717, 1.165) is 36.6 Å². The first-order valence-electron chi connectivity index (χ1n) is 10.6. The first kappa shape index (κ1) is 20.5. The lowest BCUT2D eigenvalue weighted by Crippen LogP contribution is -2.33. The molecule has 0 bridgehead atoms. The van der Waals surface area contributed by atoms with Gasteiger partial charge in [-0.15, -0.1) is 0 Å². The number of halogens is 1. The predicted octanol–water partition coefficient (Wildman–Crippen LogP) is 4.66. The second-order valence-electron chi connectivity index (χ2n) is 8.52. The van der Waals surface area contributed by atoms with Crippen LogP contribution in [0.2, 0.25) is 0 Å². The number of rotatable bonds is 4. The highest BCUT2D eigenvalue weighted by Crippen LogP contribution is 2.38. The number of pyridine rings is 1. The number of hydrogen-bond acceptors (Lipinski definition) is 3. The van der Waals surface area contributed by atoms with Crippen molar-refractivity contribution in [3.05, 3.63) is 59.8 Å². The monoisotopic (exact) mass is 409 g/mol. The van der Waals surface area contributed by atoms with Crippen LogP contribution < -0.4 is 0 Å². The maximum Gasteiger partial charge on any atom is 0.256 e. The van der Waals surface area contributed by atoms with E-state index < -0.39 is 5.82 Å². The lowest BCUT2D eigenvalue weighted by molar-refractivity contribution is 0.0754. The second kappa shape index (κ2) is 8.19. The molecular formula is C24H28FN3O2. The highest BCUT2D eigenvalue weighted by atomic mass is 19.1. The first-order chi connectivity index (χ1) is 14.4. The van der Waals surface area contributed by atoms with E-state index >= 15 is 0 Å². The lowest BCUT2D eigenvalue weighted by Gasteiger charge is -2.25. The largest absolute Gasteiger partial charge is 0.393 e. The van der Waals surface area contributed by atoms with Crippen LogP contribution in [0.15, 0.2) is 42.9 Å². The van der Waals surface area contributed by atoms with Gasteiger partial charge in [0.1, 0.15) is 5.82 Å². The second-order valence-corrected chi connectivity index (χ2v) is 8.52. The van der Waals surface area contributed by atoms with Gasteiger partial charge in [0.2, 0.25) is 0 Å². The van der Waals surface area contributed by atoms with E-state index in [0.29, 0.717) is 17.2 Å². The van der Waals surface area contributed by atoms with Crippen molar-refractivity contribution in [2.24, 2.45) is 0 Å². The predicted molar refractivity (Wildman–Crippen MR) is 115 cm³/mol. The number of nitrogens with zero attached hydrogens (tertiary/aromatic N) is 3. The van der Waals surface area contributed by atoms with Crippen LogP contribution in [0, 0.1) is 5.82 Å². The molecule has 6 heteroatoms. The maximum absolute atomic E-state index is 14.1. The third-order valence-corrected chi connectivity index (χ3v) is 6.32. The van der Waals surface area contributed by atoms with Gasteiger partial charge in [-0.3, -0.25) is 9.78 Å². The molecule has 3 aromatic rings. The SMILES string of the molecule is CC(C)N(C)C(=O)c1cc(F)ccc1-n1cc([C@H]2CC[C@@H](O)CC2)c2ccncc21. The minimum absolute atomic E-state index is 0.000850. The number of benzene rings is 1. The zero-order valence-corrected chi connectivity index (χ0v) is 17.7. The molecule has 0 spiro atoms. The molecule has 1 aromatic carbocycles. The van der Waals surface area contributed by atoms with Crippen LogP contribution in [-0.4, -0.2) is 44.7 Å². The Kier molecular flexibility index (Phi) is 5.60. The van der Waals surface area contributed by atoms with Gasteiger partial charge in [0.25, 0.3) is 5.91 Å². The molecule has 1 fully saturated rings. The normalized spacial score (nSPS) is 19.4. The lowest BCUT2D eigenvalue weighted by atomic mass is 9.83. The molecule has 0 radical (unpaired) electrons. The molecule has 4 rings (SSSR count). The molecule has 0 aliphatic heterocycles. The summed E-state index contributed by atoms with van der Waals surface area (Å²) >= 11 is 0. The number of hydrogen-bond donors (Lipinski definition) is 1. The summed E-state index contributed by atoms with van der Waals surface area (Å²) in [5.41, 5.74) is 3.07. The third kappa shape index (κ3) is 3.72. The summed E-state index contributed by atoms with van der Waals surface area (Å²) in [5.74, 6) is -0.305. The molecule has 1 aliphatic rings. The number of fused-ring (bicyclic) bond motifs is 1. The van der Waals surface area contributed by atoms with Gasteiger partial charge >= 0.3 is 0 Å². The number of carbonyl (C=O) groups excluding carboxylic acids is 1. The van der Waals surface area contributed by atoms with E-state index in [1.165, 1.54) is 17.7 Å². The molecule has 5 nitrogen and oxygen atoms in total. The molecule has 1 amide bonds. The molecule has 2 heterocycles. The van der Waals surface area contributed by atoms with Gasteiger partial charge in [0.05, 0.1) is 29.1 Å². The highest BCUT2D eigenvalue weighted by molar-refractivity contribution is 5.99. The average molecular weight is 410 g/mol. The van der Waals surface area contributed by atoms with Crippen molar-refractivity contribution in [3.63, 3.8) is 0 Å². The minimum Gasteiger partial charge on any atom is -0.393 e. The summed E-state index contributed by atoms with van der Waals surface area (Å²) in [6.45, 7) is 3.86. The van der Waals surface area contributed by atoms with Crippen molar-refractivity contribution in [1.29, 1.82) is 0 Å². The fraction of sp³-hybridized carbons (Fsp3) is 0.417. The van der Waals surface area contributed by atoms with E-state index in [9.17, 15) is 14.3 Å². The molecular weight excluding hydrogens is 381 g/mol. The summed E-state index contributed by atoms with van der Waals surface area (Å²) in [6, 6.07) is 6.37. The van der Waals surface area contributed by atoms with E-state index in [2.05, 4.69) is 11.2 Å². The van der Waals surface area contributed by atoms with Crippen LogP contribution in [0.5, 0.6) is 0 Å². The fourth-order valence-corrected chi connectivity index (χ4v) is 4.33. The van der Waals surface area contributed by atoms with Crippen LogP contribution in [0.1, 0.15) is 61.4 Å². The van der Waals surface area contributed by atoms with E-state index in [1.807, 2.05) is 24.5 Å². The van der Waals surface area contributed by atoms with Gasteiger partial charge in [-0.2, -0.15) is 0 Å². The molecule has 0 unspecified atom stereocenters. The molecule has 1 saturated carbocycles. The highest BCUT2D eigenvalue weighted by Gasteiger charge is 2.26. The number of aromatic nitrogens is 2. The first-order valence-corrected chi connectivity index (χ1v) is 10.6. The van der Waals surface area contributed by atoms with Crippen LogP contribution in [0.25, 0.3) is 16.6 Å². The van der Waals surface area contributed by atoms with Gasteiger partial charge in [-0.25, -0.2) is 4.39 Å². The van der Waals surface area contributed by atoms with Crippen LogP contribution in [0.4, 0.5) is 4.39 Å². The Balaban J connectivity index is 1.86. The van der Waals surface area contributed by atoms with Crippen LogP contribution >= 0.6 is 0 Å². The van der Waals surface area contributed by atoms with Gasteiger partial charge in [0, 0.05) is 30.9 Å². The summed E-state index contributed by atoms with van der Waals surface area (Å²) in [4.78, 5) is 19.0. The molecule has 30 heavy (non-hydrogen) atoms. The third-order valence-electron chi connectivity index (χ3n) is 6.32. The standard InChI is InChI=1S/C24H28FN3O2/c1-15(2)27(3)24(30)20-12-17(25)6-9-22(20)28-14-21(16-4-7-18(29)8-5-16)19-10-11-26-13-23(19)28/h6,9-16,18,29H,4-5,7-8H2,1-3H3/t16-,18+. The zero-order valence-electron chi connectivity index (χ0n) is 17.7. The van der Waals surface area contributed by atoms with Crippen LogP contribution in [-0.2, 0) is 0 Å². The Labute approximate surface area is 176 Å². The Morgan fingerprint density at radius 3 is 2.67 bits per heavy atom. The smallest absolute Gasteiger partial charge is 0.256 e.